The molecule has 2 aliphatic heterocycles. The number of aliphatic hydroxyl groups is 5. The summed E-state index contributed by atoms with van der Waals surface area (Å²) in [4.78, 5) is 22.7. The molecule has 0 bridgehead atoms. The predicted molar refractivity (Wildman–Crippen MR) is 148 cm³/mol. The van der Waals surface area contributed by atoms with Crippen LogP contribution in [0.25, 0.3) is 22.3 Å². The molecule has 1 aromatic heterocycles. The highest BCUT2D eigenvalue weighted by Crippen LogP contribution is 2.41. The van der Waals surface area contributed by atoms with Crippen LogP contribution in [-0.4, -0.2) is 126 Å². The number of phenolic OH excluding ortho intramolecular Hbond substituents is 3. The Bertz CT molecular complexity index is 1560. The minimum atomic E-state index is -1.92. The molecule has 9 atom stereocenters. The van der Waals surface area contributed by atoms with Gasteiger partial charge in [0, 0.05) is 12.1 Å². The molecule has 0 saturated carbocycles. The zero-order chi connectivity index (χ0) is 33.3. The van der Waals surface area contributed by atoms with Crippen LogP contribution in [0.2, 0.25) is 0 Å². The Labute approximate surface area is 258 Å². The normalized spacial score (nSPS) is 29.7. The monoisotopic (exact) mass is 651 g/mol. The summed E-state index contributed by atoms with van der Waals surface area (Å²) in [6, 6.07) is 9.13. The summed E-state index contributed by atoms with van der Waals surface area (Å²) in [6.07, 6.45) is -16.4. The van der Waals surface area contributed by atoms with Crippen LogP contribution >= 0.6 is 0 Å². The first-order valence-corrected chi connectivity index (χ1v) is 13.8. The molecule has 2 aromatic carbocycles. The van der Waals surface area contributed by atoms with E-state index in [1.54, 1.807) is 0 Å². The van der Waals surface area contributed by atoms with Gasteiger partial charge in [-0.3, -0.25) is 9.59 Å². The van der Waals surface area contributed by atoms with Crippen molar-refractivity contribution in [3.05, 3.63) is 42.5 Å². The van der Waals surface area contributed by atoms with Crippen LogP contribution in [0.3, 0.4) is 0 Å². The number of aromatic hydroxyl groups is 3. The van der Waals surface area contributed by atoms with Crippen molar-refractivity contribution in [2.45, 2.75) is 61.7 Å². The number of carbonyl (C=O) groups is 2. The molecular weight excluding hydrogens is 620 g/mol. The van der Waals surface area contributed by atoms with Crippen LogP contribution in [0.5, 0.6) is 23.0 Å². The molecule has 0 aliphatic carbocycles. The Balaban J connectivity index is 1.53. The van der Waals surface area contributed by atoms with Gasteiger partial charge < -0.3 is 69.6 Å². The Morgan fingerprint density at radius 1 is 0.870 bits per heavy atom. The average Bonchev–Trinajstić information content (AvgIpc) is 3.00. The topological polar surface area (TPSA) is 274 Å². The number of ether oxygens (including phenoxy) is 5. The van der Waals surface area contributed by atoms with Crippen LogP contribution in [0.4, 0.5) is 0 Å². The van der Waals surface area contributed by atoms with Gasteiger partial charge in [-0.25, -0.2) is 4.42 Å². The number of carboxylic acids is 1. The molecule has 3 aromatic rings. The van der Waals surface area contributed by atoms with E-state index in [1.165, 1.54) is 36.4 Å². The lowest BCUT2D eigenvalue weighted by Gasteiger charge is -2.44. The number of esters is 1. The van der Waals surface area contributed by atoms with E-state index in [1.807, 2.05) is 0 Å². The fraction of sp³-hybridized carbons (Fsp3) is 0.414. The van der Waals surface area contributed by atoms with Gasteiger partial charge in [-0.05, 0) is 24.3 Å². The van der Waals surface area contributed by atoms with E-state index in [0.29, 0.717) is 5.56 Å². The van der Waals surface area contributed by atoms with Gasteiger partial charge in [0.2, 0.25) is 12.0 Å². The highest BCUT2D eigenvalue weighted by molar-refractivity contribution is 5.90. The number of aliphatic hydroxyl groups excluding tert-OH is 5. The van der Waals surface area contributed by atoms with Crippen molar-refractivity contribution in [1.82, 2.24) is 0 Å². The molecule has 0 amide bonds. The van der Waals surface area contributed by atoms with E-state index in [-0.39, 0.29) is 34.0 Å². The number of aliphatic carboxylic acids is 1. The summed E-state index contributed by atoms with van der Waals surface area (Å²) >= 11 is 0. The predicted octanol–water partition coefficient (Wildman–Crippen LogP) is -0.835. The van der Waals surface area contributed by atoms with Gasteiger partial charge in [0.25, 0.3) is 0 Å². The summed E-state index contributed by atoms with van der Waals surface area (Å²) in [5.74, 6) is -3.67. The van der Waals surface area contributed by atoms with E-state index in [9.17, 15) is 50.4 Å². The minimum absolute atomic E-state index is 0.00948. The highest BCUT2D eigenvalue weighted by Gasteiger charge is 2.51. The summed E-state index contributed by atoms with van der Waals surface area (Å²) < 4.78 is 33.7. The molecule has 2 saturated heterocycles. The number of carboxylic acid groups (broad SMARTS) is 1. The number of hydrogen-bond donors (Lipinski definition) is 9. The maximum atomic E-state index is 11.9. The van der Waals surface area contributed by atoms with Crippen molar-refractivity contribution in [2.24, 2.45) is 0 Å². The third-order valence-corrected chi connectivity index (χ3v) is 7.28. The number of fused-ring (bicyclic) bond motifs is 1. The Morgan fingerprint density at radius 3 is 2.28 bits per heavy atom. The van der Waals surface area contributed by atoms with Crippen molar-refractivity contribution in [3.8, 4) is 34.3 Å². The van der Waals surface area contributed by atoms with Gasteiger partial charge in [0.05, 0.1) is 18.2 Å². The molecule has 0 radical (unpaired) electrons. The first-order valence-electron chi connectivity index (χ1n) is 13.8. The second kappa shape index (κ2) is 13.6. The molecule has 17 heteroatoms. The maximum Gasteiger partial charge on any atom is 0.402 e. The minimum Gasteiger partial charge on any atom is -0.508 e. The maximum absolute atomic E-state index is 11.9. The largest absolute Gasteiger partial charge is 0.508 e. The fourth-order valence-electron chi connectivity index (χ4n) is 4.90. The Hall–Kier alpha value is -4.33. The second-order valence-electron chi connectivity index (χ2n) is 10.6. The van der Waals surface area contributed by atoms with Crippen LogP contribution in [0.1, 0.15) is 6.42 Å². The molecular formula is C29H31O17+. The van der Waals surface area contributed by atoms with Crippen molar-refractivity contribution in [2.75, 3.05) is 13.2 Å². The molecule has 17 nitrogen and oxygen atoms in total. The quantitative estimate of drug-likeness (QED) is 0.0775. The smallest absolute Gasteiger partial charge is 0.402 e. The number of benzene rings is 2. The van der Waals surface area contributed by atoms with Crippen molar-refractivity contribution < 1.29 is 83.6 Å². The molecule has 2 fully saturated rings. The number of rotatable bonds is 9. The van der Waals surface area contributed by atoms with E-state index in [2.05, 4.69) is 0 Å². The fourth-order valence-corrected chi connectivity index (χ4v) is 4.90. The zero-order valence-corrected chi connectivity index (χ0v) is 23.6. The first kappa shape index (κ1) is 33.0. The lowest BCUT2D eigenvalue weighted by Crippen LogP contribution is -2.64. The van der Waals surface area contributed by atoms with Gasteiger partial charge in [-0.1, -0.05) is 0 Å². The number of carbonyl (C=O) groups excluding carboxylic acids is 1. The van der Waals surface area contributed by atoms with Gasteiger partial charge in [0.1, 0.15) is 72.3 Å². The van der Waals surface area contributed by atoms with E-state index >= 15 is 0 Å². The van der Waals surface area contributed by atoms with Gasteiger partial charge in [-0.15, -0.1) is 0 Å². The summed E-state index contributed by atoms with van der Waals surface area (Å²) in [5, 5.41) is 91.5. The van der Waals surface area contributed by atoms with Crippen molar-refractivity contribution >= 4 is 22.9 Å². The molecule has 9 N–H and O–H groups in total. The van der Waals surface area contributed by atoms with Crippen molar-refractivity contribution in [1.29, 1.82) is 0 Å². The third-order valence-electron chi connectivity index (χ3n) is 7.28. The van der Waals surface area contributed by atoms with Crippen LogP contribution in [-0.2, 0) is 28.5 Å². The molecule has 9 unspecified atom stereocenters. The van der Waals surface area contributed by atoms with Crippen molar-refractivity contribution in [3.63, 3.8) is 0 Å². The molecule has 248 valence electrons. The molecule has 5 rings (SSSR count). The van der Waals surface area contributed by atoms with E-state index in [0.717, 1.165) is 6.07 Å². The molecule has 0 spiro atoms. The SMILES string of the molecule is O=C(O)CC(=O)OCC1OC(Oc2cc3c(O)cc(O)cc3[o+]c2-c2ccc(O)cc2)C(OC2OCC(O)C(O)C2O)C(O)C1O. The Morgan fingerprint density at radius 2 is 1.59 bits per heavy atom. The lowest BCUT2D eigenvalue weighted by atomic mass is 9.98. The van der Waals surface area contributed by atoms with E-state index < -0.39 is 92.6 Å². The van der Waals surface area contributed by atoms with Crippen LogP contribution in [0, 0.1) is 0 Å². The lowest BCUT2D eigenvalue weighted by molar-refractivity contribution is -0.345. The average molecular weight is 652 g/mol. The Kier molecular flexibility index (Phi) is 9.75. The zero-order valence-electron chi connectivity index (χ0n) is 23.6. The van der Waals surface area contributed by atoms with Gasteiger partial charge in [-0.2, -0.15) is 0 Å². The molecule has 46 heavy (non-hydrogen) atoms. The number of hydrogen-bond acceptors (Lipinski definition) is 15. The standard InChI is InChI=1S/C29H30O17/c30-12-3-1-11(2-4-12)26-18(7-14-15(32)5-13(31)6-17(14)43-26)44-29-27(46-28-25(40)22(37)16(33)9-42-28)24(39)23(38)19(45-29)10-41-21(36)8-20(34)35/h1-7,16,19,22-25,27-29,33,37-40H,8-10H2,(H3-,30,31,32,34,35)/p+1. The highest BCUT2D eigenvalue weighted by atomic mass is 16.8. The summed E-state index contributed by atoms with van der Waals surface area (Å²) in [6.45, 7) is -1.21. The summed E-state index contributed by atoms with van der Waals surface area (Å²) in [7, 11) is 0. The second-order valence-corrected chi connectivity index (χ2v) is 10.6. The van der Waals surface area contributed by atoms with E-state index in [4.69, 9.17) is 33.2 Å². The molecule has 3 heterocycles. The number of phenols is 3. The summed E-state index contributed by atoms with van der Waals surface area (Å²) in [5.41, 5.74) is 0.323. The van der Waals surface area contributed by atoms with Crippen LogP contribution < -0.4 is 4.74 Å². The van der Waals surface area contributed by atoms with Crippen LogP contribution in [0.15, 0.2) is 46.9 Å². The van der Waals surface area contributed by atoms with Gasteiger partial charge >= 0.3 is 23.3 Å². The first-order chi connectivity index (χ1) is 21.8. The molecule has 2 aliphatic rings. The van der Waals surface area contributed by atoms with Gasteiger partial charge in [0.15, 0.2) is 12.4 Å². The third kappa shape index (κ3) is 7.06.